The van der Waals surface area contributed by atoms with Gasteiger partial charge in [-0.3, -0.25) is 0 Å². The van der Waals surface area contributed by atoms with Crippen molar-refractivity contribution in [3.8, 4) is 0 Å². The number of aliphatic hydroxyl groups is 1. The zero-order chi connectivity index (χ0) is 8.48. The fourth-order valence-corrected chi connectivity index (χ4v) is 7.20. The van der Waals surface area contributed by atoms with Crippen LogP contribution in [0.1, 0.15) is 4.88 Å². The van der Waals surface area contributed by atoms with Gasteiger partial charge in [-0.25, -0.2) is 0 Å². The van der Waals surface area contributed by atoms with Crippen LogP contribution in [0.3, 0.4) is 0 Å². The molecule has 0 atom stereocenters. The Bertz CT molecular complexity index is 236. The molecule has 0 saturated heterocycles. The first kappa shape index (κ1) is 9.55. The Morgan fingerprint density at radius 1 is 1.36 bits per heavy atom. The van der Waals surface area contributed by atoms with E-state index in [-0.39, 0.29) is 6.61 Å². The molecule has 1 N–H and O–H groups in total. The van der Waals surface area contributed by atoms with Gasteiger partial charge >= 0.3 is 76.1 Å². The number of aliphatic hydroxyl groups excluding tert-OH is 1. The first-order chi connectivity index (χ1) is 5.04. The molecule has 0 fully saturated rings. The summed E-state index contributed by atoms with van der Waals surface area (Å²) in [5, 5.41) is 8.85. The SMILES string of the molecule is [CH3][Sn]([CH3])([CH3])[c]1ccc(CO)s1. The van der Waals surface area contributed by atoms with Gasteiger partial charge in [-0.05, 0) is 0 Å². The summed E-state index contributed by atoms with van der Waals surface area (Å²) >= 11 is -0.0251. The van der Waals surface area contributed by atoms with E-state index in [0.29, 0.717) is 0 Å². The van der Waals surface area contributed by atoms with Crippen LogP contribution in [0, 0.1) is 0 Å². The Morgan fingerprint density at radius 3 is 2.27 bits per heavy atom. The van der Waals surface area contributed by atoms with Crippen molar-refractivity contribution in [3.63, 3.8) is 0 Å². The van der Waals surface area contributed by atoms with Crippen LogP contribution in [0.25, 0.3) is 0 Å². The predicted octanol–water partition coefficient (Wildman–Crippen LogP) is 1.79. The molecule has 0 amide bonds. The van der Waals surface area contributed by atoms with Gasteiger partial charge in [0, 0.05) is 0 Å². The summed E-state index contributed by atoms with van der Waals surface area (Å²) in [4.78, 5) is 8.27. The topological polar surface area (TPSA) is 20.2 Å². The second-order valence-electron chi connectivity index (χ2n) is 3.67. The monoisotopic (exact) mass is 278 g/mol. The molecular formula is C8H14OSSn. The van der Waals surface area contributed by atoms with Crippen molar-refractivity contribution in [2.75, 3.05) is 0 Å². The fourth-order valence-electron chi connectivity index (χ4n) is 0.866. The minimum absolute atomic E-state index is 0.201. The van der Waals surface area contributed by atoms with Crippen molar-refractivity contribution in [1.82, 2.24) is 0 Å². The summed E-state index contributed by atoms with van der Waals surface area (Å²) in [5.41, 5.74) is 0. The van der Waals surface area contributed by atoms with Crippen molar-refractivity contribution < 1.29 is 5.11 Å². The second-order valence-corrected chi connectivity index (χ2v) is 20.3. The maximum atomic E-state index is 8.85. The van der Waals surface area contributed by atoms with Crippen molar-refractivity contribution in [2.24, 2.45) is 0 Å². The van der Waals surface area contributed by atoms with E-state index < -0.39 is 18.4 Å². The molecule has 0 aliphatic carbocycles. The van der Waals surface area contributed by atoms with Crippen LogP contribution in [0.4, 0.5) is 0 Å². The fraction of sp³-hybridized carbons (Fsp3) is 0.500. The Kier molecular flexibility index (Phi) is 3.00. The van der Waals surface area contributed by atoms with Gasteiger partial charge < -0.3 is 0 Å². The van der Waals surface area contributed by atoms with Crippen LogP contribution in [0.5, 0.6) is 0 Å². The van der Waals surface area contributed by atoms with Gasteiger partial charge in [0.1, 0.15) is 0 Å². The summed E-state index contributed by atoms with van der Waals surface area (Å²) in [7, 11) is 0. The van der Waals surface area contributed by atoms with E-state index >= 15 is 0 Å². The second kappa shape index (κ2) is 3.45. The average molecular weight is 277 g/mol. The van der Waals surface area contributed by atoms with Gasteiger partial charge in [-0.2, -0.15) is 0 Å². The summed E-state index contributed by atoms with van der Waals surface area (Å²) < 4.78 is 1.54. The van der Waals surface area contributed by atoms with Crippen LogP contribution in [0.15, 0.2) is 12.1 Å². The molecule has 0 unspecified atom stereocenters. The van der Waals surface area contributed by atoms with E-state index in [1.807, 2.05) is 6.07 Å². The molecule has 0 spiro atoms. The summed E-state index contributed by atoms with van der Waals surface area (Å²) in [5.74, 6) is 0. The quantitative estimate of drug-likeness (QED) is 0.817. The number of hydrogen-bond acceptors (Lipinski definition) is 2. The summed E-state index contributed by atoms with van der Waals surface area (Å²) in [6.45, 7) is 0.201. The Balaban J connectivity index is 2.89. The number of thiophene rings is 1. The molecule has 0 bridgehead atoms. The summed E-state index contributed by atoms with van der Waals surface area (Å²) in [6.07, 6.45) is 0. The molecule has 1 heterocycles. The number of rotatable bonds is 2. The summed E-state index contributed by atoms with van der Waals surface area (Å²) in [6, 6.07) is 4.23. The Labute approximate surface area is 75.9 Å². The molecule has 11 heavy (non-hydrogen) atoms. The average Bonchev–Trinajstić information content (AvgIpc) is 2.32. The third kappa shape index (κ3) is 2.46. The van der Waals surface area contributed by atoms with Gasteiger partial charge in [-0.1, -0.05) is 0 Å². The molecule has 0 aromatic carbocycles. The van der Waals surface area contributed by atoms with Gasteiger partial charge in [0.2, 0.25) is 0 Å². The zero-order valence-corrected chi connectivity index (χ0v) is 10.9. The molecule has 0 radical (unpaired) electrons. The van der Waals surface area contributed by atoms with E-state index in [2.05, 4.69) is 20.9 Å². The van der Waals surface area contributed by atoms with Gasteiger partial charge in [0.05, 0.1) is 0 Å². The van der Waals surface area contributed by atoms with Crippen LogP contribution >= 0.6 is 11.3 Å². The first-order valence-electron chi connectivity index (χ1n) is 3.74. The molecule has 0 saturated carbocycles. The van der Waals surface area contributed by atoms with E-state index in [1.54, 1.807) is 14.2 Å². The Hall–Kier alpha value is 0.459. The van der Waals surface area contributed by atoms with Crippen LogP contribution in [0.2, 0.25) is 14.8 Å². The molecular weight excluding hydrogens is 263 g/mol. The van der Waals surface area contributed by atoms with Crippen molar-refractivity contribution in [2.45, 2.75) is 21.4 Å². The third-order valence-corrected chi connectivity index (χ3v) is 12.1. The van der Waals surface area contributed by atoms with E-state index in [0.717, 1.165) is 4.88 Å². The van der Waals surface area contributed by atoms with Crippen LogP contribution < -0.4 is 2.89 Å². The predicted molar refractivity (Wildman–Crippen MR) is 53.2 cm³/mol. The molecule has 62 valence electrons. The van der Waals surface area contributed by atoms with Crippen molar-refractivity contribution >= 4 is 32.6 Å². The molecule has 1 rings (SSSR count). The molecule has 3 heteroatoms. The molecule has 1 aromatic rings. The van der Waals surface area contributed by atoms with E-state index in [4.69, 9.17) is 5.11 Å². The standard InChI is InChI=1S/C5H5OS.3CH3.Sn/c6-4-5-2-1-3-7-5;;;;/h1-2,6H,4H2;3*1H3;. The maximum absolute atomic E-state index is 8.85. The third-order valence-electron chi connectivity index (χ3n) is 1.56. The molecule has 1 aromatic heterocycles. The Morgan fingerprint density at radius 2 is 2.00 bits per heavy atom. The molecule has 0 aliphatic heterocycles. The minimum atomic E-state index is -1.81. The number of hydrogen-bond donors (Lipinski definition) is 1. The van der Waals surface area contributed by atoms with E-state index in [1.165, 1.54) is 0 Å². The van der Waals surface area contributed by atoms with Gasteiger partial charge in [0.15, 0.2) is 0 Å². The first-order valence-corrected chi connectivity index (χ1v) is 14.5. The molecule has 1 nitrogen and oxygen atoms in total. The normalized spacial score (nSPS) is 12.0. The van der Waals surface area contributed by atoms with E-state index in [9.17, 15) is 0 Å². The molecule has 0 aliphatic rings. The van der Waals surface area contributed by atoms with Crippen LogP contribution in [-0.2, 0) is 6.61 Å². The van der Waals surface area contributed by atoms with Crippen LogP contribution in [-0.4, -0.2) is 23.5 Å². The zero-order valence-electron chi connectivity index (χ0n) is 7.22. The van der Waals surface area contributed by atoms with Gasteiger partial charge in [-0.15, -0.1) is 0 Å². The van der Waals surface area contributed by atoms with Gasteiger partial charge in [0.25, 0.3) is 0 Å². The van der Waals surface area contributed by atoms with Crippen molar-refractivity contribution in [1.29, 1.82) is 0 Å². The van der Waals surface area contributed by atoms with Crippen molar-refractivity contribution in [3.05, 3.63) is 17.0 Å².